The number of anilines is 1. The first-order chi connectivity index (χ1) is 13.9. The lowest BCUT2D eigenvalue weighted by Crippen LogP contribution is -2.43. The molecule has 0 aliphatic carbocycles. The normalized spacial score (nSPS) is 16.2. The summed E-state index contributed by atoms with van der Waals surface area (Å²) in [6, 6.07) is 5.47. The molecule has 0 bridgehead atoms. The second-order valence-electron chi connectivity index (χ2n) is 7.55. The number of piperidine rings is 1. The summed E-state index contributed by atoms with van der Waals surface area (Å²) in [5.41, 5.74) is 0.235. The van der Waals surface area contributed by atoms with Crippen LogP contribution in [0.25, 0.3) is 0 Å². The van der Waals surface area contributed by atoms with Gasteiger partial charge in [0.1, 0.15) is 5.82 Å². The van der Waals surface area contributed by atoms with Crippen LogP contribution in [0.15, 0.2) is 36.9 Å². The van der Waals surface area contributed by atoms with Crippen LogP contribution in [-0.2, 0) is 14.9 Å². The molecule has 29 heavy (non-hydrogen) atoms. The predicted octanol–water partition coefficient (Wildman–Crippen LogP) is 3.64. The molecule has 2 rings (SSSR count). The lowest BCUT2D eigenvalue weighted by molar-refractivity contribution is 0.0193. The molecule has 1 aliphatic rings. The number of halogens is 1. The summed E-state index contributed by atoms with van der Waals surface area (Å²) in [6.45, 7) is 7.29. The second-order valence-corrected chi connectivity index (χ2v) is 9.22. The molecule has 0 unspecified atom stereocenters. The predicted molar refractivity (Wildman–Crippen MR) is 116 cm³/mol. The van der Waals surface area contributed by atoms with E-state index in [1.165, 1.54) is 41.4 Å². The van der Waals surface area contributed by atoms with E-state index in [-0.39, 0.29) is 11.8 Å². The van der Waals surface area contributed by atoms with E-state index in [0.717, 1.165) is 32.5 Å². The van der Waals surface area contributed by atoms with E-state index in [0.29, 0.717) is 25.9 Å². The summed E-state index contributed by atoms with van der Waals surface area (Å²) in [5.74, 6) is -0.471. The highest BCUT2D eigenvalue weighted by molar-refractivity contribution is 7.90. The van der Waals surface area contributed by atoms with Gasteiger partial charge in [0.25, 0.3) is 0 Å². The molecule has 164 valence electrons. The Hall–Kier alpha value is -1.48. The van der Waals surface area contributed by atoms with Crippen LogP contribution in [0.3, 0.4) is 0 Å². The molecule has 8 heteroatoms. The van der Waals surface area contributed by atoms with Gasteiger partial charge in [-0.25, -0.2) is 4.39 Å². The SMILES string of the molecule is C=CCN(C)CCCCCCOC1CCN(S(=O)(=O)Nc2cccc(F)c2)CC1. The molecule has 1 N–H and O–H groups in total. The summed E-state index contributed by atoms with van der Waals surface area (Å²) in [4.78, 5) is 2.26. The summed E-state index contributed by atoms with van der Waals surface area (Å²) < 4.78 is 47.9. The Morgan fingerprint density at radius 1 is 1.28 bits per heavy atom. The number of ether oxygens (including phenoxy) is 1. The third-order valence-electron chi connectivity index (χ3n) is 5.04. The third kappa shape index (κ3) is 8.82. The van der Waals surface area contributed by atoms with Crippen molar-refractivity contribution in [1.82, 2.24) is 9.21 Å². The first kappa shape index (κ1) is 23.8. The Labute approximate surface area is 174 Å². The Morgan fingerprint density at radius 3 is 2.69 bits per heavy atom. The van der Waals surface area contributed by atoms with E-state index < -0.39 is 16.0 Å². The van der Waals surface area contributed by atoms with Crippen LogP contribution in [0.1, 0.15) is 38.5 Å². The fourth-order valence-electron chi connectivity index (χ4n) is 3.40. The smallest absolute Gasteiger partial charge is 0.301 e. The van der Waals surface area contributed by atoms with E-state index in [9.17, 15) is 12.8 Å². The summed E-state index contributed by atoms with van der Waals surface area (Å²) in [5, 5.41) is 0. The number of hydrogen-bond donors (Lipinski definition) is 1. The fourth-order valence-corrected chi connectivity index (χ4v) is 4.65. The summed E-state index contributed by atoms with van der Waals surface area (Å²) >= 11 is 0. The molecule has 0 aromatic heterocycles. The third-order valence-corrected chi connectivity index (χ3v) is 6.58. The maximum atomic E-state index is 13.2. The molecule has 1 saturated heterocycles. The maximum Gasteiger partial charge on any atom is 0.301 e. The average molecular weight is 428 g/mol. The number of benzene rings is 1. The van der Waals surface area contributed by atoms with Crippen molar-refractivity contribution in [3.05, 3.63) is 42.7 Å². The van der Waals surface area contributed by atoms with Crippen LogP contribution in [-0.4, -0.2) is 63.6 Å². The lowest BCUT2D eigenvalue weighted by atomic mass is 10.1. The molecule has 1 aromatic rings. The van der Waals surface area contributed by atoms with Gasteiger partial charge in [0.05, 0.1) is 11.8 Å². The highest BCUT2D eigenvalue weighted by atomic mass is 32.2. The highest BCUT2D eigenvalue weighted by Gasteiger charge is 2.28. The molecule has 0 saturated carbocycles. The van der Waals surface area contributed by atoms with Crippen molar-refractivity contribution >= 4 is 15.9 Å². The number of nitrogens with one attached hydrogen (secondary N) is 1. The van der Waals surface area contributed by atoms with Crippen LogP contribution in [0.5, 0.6) is 0 Å². The topological polar surface area (TPSA) is 61.9 Å². The Bertz CT molecular complexity index is 722. The zero-order valence-electron chi connectivity index (χ0n) is 17.4. The van der Waals surface area contributed by atoms with Gasteiger partial charge in [0, 0.05) is 26.2 Å². The van der Waals surface area contributed by atoms with Gasteiger partial charge < -0.3 is 9.64 Å². The molecule has 1 heterocycles. The molecule has 1 fully saturated rings. The van der Waals surface area contributed by atoms with Gasteiger partial charge in [-0.1, -0.05) is 25.0 Å². The van der Waals surface area contributed by atoms with Gasteiger partial charge >= 0.3 is 10.2 Å². The van der Waals surface area contributed by atoms with Crippen molar-refractivity contribution in [2.75, 3.05) is 44.6 Å². The molecular weight excluding hydrogens is 393 g/mol. The van der Waals surface area contributed by atoms with Crippen molar-refractivity contribution in [1.29, 1.82) is 0 Å². The molecule has 0 amide bonds. The van der Waals surface area contributed by atoms with E-state index in [4.69, 9.17) is 4.74 Å². The highest BCUT2D eigenvalue weighted by Crippen LogP contribution is 2.19. The van der Waals surface area contributed by atoms with E-state index in [1.54, 1.807) is 0 Å². The van der Waals surface area contributed by atoms with Crippen molar-refractivity contribution in [3.8, 4) is 0 Å². The summed E-state index contributed by atoms with van der Waals surface area (Å²) in [7, 11) is -1.57. The molecule has 0 spiro atoms. The minimum absolute atomic E-state index is 0.106. The monoisotopic (exact) mass is 427 g/mol. The largest absolute Gasteiger partial charge is 0.378 e. The first-order valence-corrected chi connectivity index (χ1v) is 11.8. The minimum atomic E-state index is -3.67. The van der Waals surface area contributed by atoms with E-state index in [2.05, 4.69) is 23.2 Å². The zero-order valence-corrected chi connectivity index (χ0v) is 18.2. The van der Waals surface area contributed by atoms with Gasteiger partial charge in [0.2, 0.25) is 0 Å². The van der Waals surface area contributed by atoms with Crippen molar-refractivity contribution in [2.24, 2.45) is 0 Å². The number of unbranched alkanes of at least 4 members (excludes halogenated alkanes) is 3. The molecular formula is C21H34FN3O3S. The van der Waals surface area contributed by atoms with Gasteiger partial charge in [-0.15, -0.1) is 6.58 Å². The minimum Gasteiger partial charge on any atom is -0.378 e. The average Bonchev–Trinajstić information content (AvgIpc) is 2.67. The Balaban J connectivity index is 1.59. The van der Waals surface area contributed by atoms with Gasteiger partial charge in [-0.2, -0.15) is 12.7 Å². The summed E-state index contributed by atoms with van der Waals surface area (Å²) in [6.07, 6.45) is 7.92. The lowest BCUT2D eigenvalue weighted by Gasteiger charge is -2.31. The molecule has 0 atom stereocenters. The number of likely N-dealkylation sites (N-methyl/N-ethyl adjacent to an activating group) is 1. The molecule has 6 nitrogen and oxygen atoms in total. The molecule has 1 aliphatic heterocycles. The van der Waals surface area contributed by atoms with E-state index >= 15 is 0 Å². The Kier molecular flexibility index (Phi) is 10.1. The number of hydrogen-bond acceptors (Lipinski definition) is 4. The zero-order chi connectivity index (χ0) is 21.1. The van der Waals surface area contributed by atoms with Crippen LogP contribution < -0.4 is 4.72 Å². The van der Waals surface area contributed by atoms with Crippen LogP contribution in [0, 0.1) is 5.82 Å². The van der Waals surface area contributed by atoms with Crippen LogP contribution in [0.2, 0.25) is 0 Å². The van der Waals surface area contributed by atoms with Gasteiger partial charge in [-0.3, -0.25) is 4.72 Å². The van der Waals surface area contributed by atoms with Crippen molar-refractivity contribution < 1.29 is 17.5 Å². The van der Waals surface area contributed by atoms with Gasteiger partial charge in [0.15, 0.2) is 0 Å². The number of rotatable bonds is 13. The van der Waals surface area contributed by atoms with E-state index in [1.807, 2.05) is 6.08 Å². The maximum absolute atomic E-state index is 13.2. The van der Waals surface area contributed by atoms with Gasteiger partial charge in [-0.05, 0) is 57.5 Å². The van der Waals surface area contributed by atoms with Crippen molar-refractivity contribution in [3.63, 3.8) is 0 Å². The van der Waals surface area contributed by atoms with Crippen LogP contribution >= 0.6 is 0 Å². The first-order valence-electron chi connectivity index (χ1n) is 10.3. The quantitative estimate of drug-likeness (QED) is 0.386. The molecule has 0 radical (unpaired) electrons. The number of nitrogens with zero attached hydrogens (tertiary/aromatic N) is 2. The molecule has 1 aromatic carbocycles. The second kappa shape index (κ2) is 12.3. The fraction of sp³-hybridized carbons (Fsp3) is 0.619. The standard InChI is InChI=1S/C21H34FN3O3S/c1-3-13-24(2)14-6-4-5-7-17-28-21-11-15-25(16-12-21)29(26,27)23-20-10-8-9-19(22)18-20/h3,8-10,18,21,23H,1,4-7,11-17H2,2H3. The van der Waals surface area contributed by atoms with Crippen LogP contribution in [0.4, 0.5) is 10.1 Å². The van der Waals surface area contributed by atoms with Crippen molar-refractivity contribution in [2.45, 2.75) is 44.6 Å². The Morgan fingerprint density at radius 2 is 2.00 bits per heavy atom.